The molecule has 5 nitrogen and oxygen atoms in total. The summed E-state index contributed by atoms with van der Waals surface area (Å²) >= 11 is 0. The van der Waals surface area contributed by atoms with Crippen molar-refractivity contribution in [1.29, 1.82) is 5.26 Å². The standard InChI is InChI=1S/C14H18N4O/c1-9-2-3-10(14(17)19)8-18(9)13-5-4-12(16)6-11(13)7-15/h4-6,9-10H,2-3,8,16H2,1H3,(H2,17,19). The van der Waals surface area contributed by atoms with Gasteiger partial charge >= 0.3 is 0 Å². The van der Waals surface area contributed by atoms with Crippen LogP contribution in [0.15, 0.2) is 18.2 Å². The number of nitrogens with zero attached hydrogens (tertiary/aromatic N) is 2. The molecule has 0 aliphatic carbocycles. The Morgan fingerprint density at radius 1 is 1.47 bits per heavy atom. The van der Waals surface area contributed by atoms with Crippen molar-refractivity contribution in [3.05, 3.63) is 23.8 Å². The van der Waals surface area contributed by atoms with E-state index in [0.717, 1.165) is 18.5 Å². The quantitative estimate of drug-likeness (QED) is 0.780. The Bertz CT molecular complexity index is 535. The van der Waals surface area contributed by atoms with Crippen molar-refractivity contribution < 1.29 is 4.79 Å². The molecule has 19 heavy (non-hydrogen) atoms. The van der Waals surface area contributed by atoms with Crippen LogP contribution in [0.25, 0.3) is 0 Å². The number of anilines is 2. The first-order chi connectivity index (χ1) is 9.02. The number of nitrogens with two attached hydrogens (primary N) is 2. The predicted molar refractivity (Wildman–Crippen MR) is 74.3 cm³/mol. The second-order valence-corrected chi connectivity index (χ2v) is 5.07. The summed E-state index contributed by atoms with van der Waals surface area (Å²) in [6, 6.07) is 7.72. The molecule has 1 aliphatic rings. The van der Waals surface area contributed by atoms with E-state index in [1.54, 1.807) is 12.1 Å². The van der Waals surface area contributed by atoms with E-state index in [1.165, 1.54) is 0 Å². The highest BCUT2D eigenvalue weighted by molar-refractivity contribution is 5.78. The van der Waals surface area contributed by atoms with Crippen LogP contribution >= 0.6 is 0 Å². The molecule has 2 unspecified atom stereocenters. The average molecular weight is 258 g/mol. The Morgan fingerprint density at radius 2 is 2.21 bits per heavy atom. The van der Waals surface area contributed by atoms with Crippen molar-refractivity contribution in [1.82, 2.24) is 0 Å². The lowest BCUT2D eigenvalue weighted by Gasteiger charge is -2.39. The van der Waals surface area contributed by atoms with Crippen molar-refractivity contribution in [2.75, 3.05) is 17.2 Å². The van der Waals surface area contributed by atoms with Gasteiger partial charge in [-0.3, -0.25) is 4.79 Å². The van der Waals surface area contributed by atoms with E-state index >= 15 is 0 Å². The Morgan fingerprint density at radius 3 is 2.84 bits per heavy atom. The molecule has 0 aromatic heterocycles. The van der Waals surface area contributed by atoms with Crippen molar-refractivity contribution in [3.63, 3.8) is 0 Å². The summed E-state index contributed by atoms with van der Waals surface area (Å²) in [5, 5.41) is 9.21. The van der Waals surface area contributed by atoms with Gasteiger partial charge in [0.15, 0.2) is 0 Å². The summed E-state index contributed by atoms with van der Waals surface area (Å²) < 4.78 is 0. The minimum Gasteiger partial charge on any atom is -0.399 e. The highest BCUT2D eigenvalue weighted by atomic mass is 16.1. The van der Waals surface area contributed by atoms with Gasteiger partial charge in [0, 0.05) is 18.3 Å². The lowest BCUT2D eigenvalue weighted by atomic mass is 9.92. The molecule has 1 amide bonds. The molecule has 5 heteroatoms. The summed E-state index contributed by atoms with van der Waals surface area (Å²) in [6.45, 7) is 2.66. The number of hydrogen-bond donors (Lipinski definition) is 2. The molecule has 1 heterocycles. The molecule has 0 radical (unpaired) electrons. The molecule has 100 valence electrons. The molecule has 0 saturated carbocycles. The van der Waals surface area contributed by atoms with Crippen molar-refractivity contribution in [2.24, 2.45) is 11.7 Å². The third-order valence-electron chi connectivity index (χ3n) is 3.73. The number of carbonyl (C=O) groups excluding carboxylic acids is 1. The van der Waals surface area contributed by atoms with Crippen molar-refractivity contribution in [2.45, 2.75) is 25.8 Å². The first-order valence-corrected chi connectivity index (χ1v) is 6.38. The van der Waals surface area contributed by atoms with Gasteiger partial charge in [-0.2, -0.15) is 5.26 Å². The second kappa shape index (κ2) is 5.19. The Balaban J connectivity index is 2.34. The van der Waals surface area contributed by atoms with Crippen LogP contribution in [0.2, 0.25) is 0 Å². The minimum atomic E-state index is -0.272. The summed E-state index contributed by atoms with van der Waals surface area (Å²) in [7, 11) is 0. The normalized spacial score (nSPS) is 22.8. The van der Waals surface area contributed by atoms with Crippen LogP contribution in [0.1, 0.15) is 25.3 Å². The van der Waals surface area contributed by atoms with Crippen LogP contribution in [-0.4, -0.2) is 18.5 Å². The fraction of sp³-hybridized carbons (Fsp3) is 0.429. The van der Waals surface area contributed by atoms with E-state index < -0.39 is 0 Å². The number of amides is 1. The van der Waals surface area contributed by atoms with Crippen molar-refractivity contribution >= 4 is 17.3 Å². The zero-order valence-corrected chi connectivity index (χ0v) is 11.0. The molecule has 2 rings (SSSR count). The van der Waals surface area contributed by atoms with Crippen molar-refractivity contribution in [3.8, 4) is 6.07 Å². The maximum absolute atomic E-state index is 11.4. The number of primary amides is 1. The number of rotatable bonds is 2. The number of benzene rings is 1. The van der Waals surface area contributed by atoms with Crippen LogP contribution in [0.3, 0.4) is 0 Å². The highest BCUT2D eigenvalue weighted by Crippen LogP contribution is 2.30. The summed E-state index contributed by atoms with van der Waals surface area (Å²) in [5.74, 6) is -0.425. The molecule has 1 saturated heterocycles. The van der Waals surface area contributed by atoms with Gasteiger partial charge in [-0.1, -0.05) is 0 Å². The fourth-order valence-corrected chi connectivity index (χ4v) is 2.57. The SMILES string of the molecule is CC1CCC(C(N)=O)CN1c1ccc(N)cc1C#N. The molecule has 0 spiro atoms. The Labute approximate surface area is 112 Å². The van der Waals surface area contributed by atoms with Gasteiger partial charge in [-0.05, 0) is 38.0 Å². The largest absolute Gasteiger partial charge is 0.399 e. The monoisotopic (exact) mass is 258 g/mol. The van der Waals surface area contributed by atoms with Gasteiger partial charge in [-0.15, -0.1) is 0 Å². The first kappa shape index (κ1) is 13.2. The third kappa shape index (κ3) is 2.63. The predicted octanol–water partition coefficient (Wildman–Crippen LogP) is 1.23. The maximum atomic E-state index is 11.4. The van der Waals surface area contributed by atoms with E-state index in [2.05, 4.69) is 17.9 Å². The van der Waals surface area contributed by atoms with Crippen LogP contribution in [0.5, 0.6) is 0 Å². The number of nitrogen functional groups attached to an aromatic ring is 1. The summed E-state index contributed by atoms with van der Waals surface area (Å²) in [6.07, 6.45) is 1.70. The van der Waals surface area contributed by atoms with Crippen LogP contribution in [0, 0.1) is 17.2 Å². The minimum absolute atomic E-state index is 0.153. The molecule has 4 N–H and O–H groups in total. The van der Waals surface area contributed by atoms with E-state index in [4.69, 9.17) is 11.5 Å². The smallest absolute Gasteiger partial charge is 0.222 e. The molecule has 1 aliphatic heterocycles. The maximum Gasteiger partial charge on any atom is 0.222 e. The fourth-order valence-electron chi connectivity index (χ4n) is 2.57. The van der Waals surface area contributed by atoms with E-state index in [0.29, 0.717) is 17.8 Å². The third-order valence-corrected chi connectivity index (χ3v) is 3.73. The lowest BCUT2D eigenvalue weighted by Crippen LogP contribution is -2.46. The number of carbonyl (C=O) groups is 1. The topological polar surface area (TPSA) is 96.1 Å². The highest BCUT2D eigenvalue weighted by Gasteiger charge is 2.29. The molecule has 1 aromatic carbocycles. The average Bonchev–Trinajstić information content (AvgIpc) is 2.39. The van der Waals surface area contributed by atoms with Gasteiger partial charge in [-0.25, -0.2) is 0 Å². The zero-order valence-electron chi connectivity index (χ0n) is 11.0. The molecule has 0 bridgehead atoms. The molecule has 2 atom stereocenters. The molecule has 1 aromatic rings. The van der Waals surface area contributed by atoms with Gasteiger partial charge < -0.3 is 16.4 Å². The van der Waals surface area contributed by atoms with Gasteiger partial charge in [0.1, 0.15) is 6.07 Å². The lowest BCUT2D eigenvalue weighted by molar-refractivity contribution is -0.122. The van der Waals surface area contributed by atoms with E-state index in [-0.39, 0.29) is 17.9 Å². The number of piperidine rings is 1. The van der Waals surface area contributed by atoms with Gasteiger partial charge in [0.25, 0.3) is 0 Å². The summed E-state index contributed by atoms with van der Waals surface area (Å²) in [4.78, 5) is 13.4. The first-order valence-electron chi connectivity index (χ1n) is 6.38. The van der Waals surface area contributed by atoms with Gasteiger partial charge in [0.2, 0.25) is 5.91 Å². The zero-order chi connectivity index (χ0) is 14.0. The number of hydrogen-bond acceptors (Lipinski definition) is 4. The summed E-state index contributed by atoms with van der Waals surface area (Å²) in [5.41, 5.74) is 13.0. The number of nitriles is 1. The van der Waals surface area contributed by atoms with E-state index in [9.17, 15) is 10.1 Å². The Kier molecular flexibility index (Phi) is 3.61. The van der Waals surface area contributed by atoms with Crippen LogP contribution < -0.4 is 16.4 Å². The van der Waals surface area contributed by atoms with Crippen LogP contribution in [-0.2, 0) is 4.79 Å². The van der Waals surface area contributed by atoms with Gasteiger partial charge in [0.05, 0.1) is 17.2 Å². The molecular weight excluding hydrogens is 240 g/mol. The molecular formula is C14H18N4O. The van der Waals surface area contributed by atoms with E-state index in [1.807, 2.05) is 6.07 Å². The molecule has 1 fully saturated rings. The Hall–Kier alpha value is -2.22. The van der Waals surface area contributed by atoms with Crippen LogP contribution in [0.4, 0.5) is 11.4 Å². The second-order valence-electron chi connectivity index (χ2n) is 5.07.